The summed E-state index contributed by atoms with van der Waals surface area (Å²) in [5, 5.41) is 1.98. The van der Waals surface area contributed by atoms with E-state index in [1.807, 2.05) is 5.32 Å². The van der Waals surface area contributed by atoms with E-state index in [1.165, 1.54) is 0 Å². The van der Waals surface area contributed by atoms with Gasteiger partial charge in [0.1, 0.15) is 4.88 Å². The molecule has 3 N–H and O–H groups in total. The van der Waals surface area contributed by atoms with Crippen molar-refractivity contribution in [2.45, 2.75) is 19.1 Å². The van der Waals surface area contributed by atoms with E-state index in [9.17, 15) is 40.7 Å². The molecular weight excluding hydrogens is 404 g/mol. The Kier molecular flexibility index (Phi) is 5.63. The fraction of sp³-hybridized carbons (Fsp3) is 0.214. The summed E-state index contributed by atoms with van der Waals surface area (Å²) < 4.78 is 77.3. The average Bonchev–Trinajstić information content (AvgIpc) is 2.97. The van der Waals surface area contributed by atoms with E-state index in [4.69, 9.17) is 5.73 Å². The second-order valence-electron chi connectivity index (χ2n) is 5.09. The Balaban J connectivity index is 2.37. The van der Waals surface area contributed by atoms with Crippen molar-refractivity contribution >= 4 is 28.8 Å². The van der Waals surface area contributed by atoms with E-state index in [-0.39, 0.29) is 11.3 Å². The Bertz CT molecular complexity index is 951. The van der Waals surface area contributed by atoms with Gasteiger partial charge in [0.15, 0.2) is 5.82 Å². The third-order valence-electron chi connectivity index (χ3n) is 3.11. The number of nitrogens with one attached hydrogen (secondary N) is 1. The maximum Gasteiger partial charge on any atom is 0.426 e. The number of hydrogen-bond donors (Lipinski definition) is 2. The number of halogens is 6. The molecule has 0 bridgehead atoms. The predicted molar refractivity (Wildman–Crippen MR) is 82.5 cm³/mol. The monoisotopic (exact) mass is 413 g/mol. The highest BCUT2D eigenvalue weighted by atomic mass is 32.1. The van der Waals surface area contributed by atoms with Gasteiger partial charge in [-0.15, -0.1) is 11.3 Å². The highest BCUT2D eigenvalue weighted by molar-refractivity contribution is 7.14. The quantitative estimate of drug-likeness (QED) is 0.738. The van der Waals surface area contributed by atoms with Gasteiger partial charge in [-0.3, -0.25) is 14.4 Å². The molecule has 0 aliphatic carbocycles. The van der Waals surface area contributed by atoms with Gasteiger partial charge in [0.25, 0.3) is 17.9 Å². The van der Waals surface area contributed by atoms with Crippen molar-refractivity contribution in [3.05, 3.63) is 49.8 Å². The Hall–Kier alpha value is -2.83. The van der Waals surface area contributed by atoms with Crippen LogP contribution in [0.3, 0.4) is 0 Å². The minimum atomic E-state index is -4.94. The lowest BCUT2D eigenvalue weighted by molar-refractivity contribution is -0.134. The zero-order chi connectivity index (χ0) is 20.5. The van der Waals surface area contributed by atoms with Crippen LogP contribution in [0.15, 0.2) is 23.1 Å². The van der Waals surface area contributed by atoms with E-state index >= 15 is 0 Å². The molecule has 6 nitrogen and oxygen atoms in total. The van der Waals surface area contributed by atoms with Crippen LogP contribution in [0.25, 0.3) is 0 Å². The molecule has 13 heteroatoms. The largest absolute Gasteiger partial charge is 0.426 e. The van der Waals surface area contributed by atoms with Crippen molar-refractivity contribution in [2.24, 2.45) is 5.73 Å². The fourth-order valence-electron chi connectivity index (χ4n) is 2.04. The van der Waals surface area contributed by atoms with E-state index in [0.29, 0.717) is 22.9 Å². The zero-order valence-corrected chi connectivity index (χ0v) is 13.8. The third kappa shape index (κ3) is 4.67. The number of nitrogens with two attached hydrogens (primary N) is 1. The van der Waals surface area contributed by atoms with Gasteiger partial charge in [-0.1, -0.05) is 0 Å². The summed E-state index contributed by atoms with van der Waals surface area (Å²) in [6.45, 7) is -1.15. The van der Waals surface area contributed by atoms with Crippen LogP contribution in [0.2, 0.25) is 0 Å². The van der Waals surface area contributed by atoms with Gasteiger partial charge in [-0.2, -0.15) is 13.2 Å². The molecule has 0 aliphatic heterocycles. The summed E-state index contributed by atoms with van der Waals surface area (Å²) in [7, 11) is 0. The normalized spacial score (nSPS) is 11.7. The molecule has 0 spiro atoms. The van der Waals surface area contributed by atoms with Gasteiger partial charge in [-0.05, 0) is 6.07 Å². The molecule has 0 fully saturated rings. The van der Waals surface area contributed by atoms with Gasteiger partial charge < -0.3 is 15.6 Å². The smallest absolute Gasteiger partial charge is 0.366 e. The molecule has 0 radical (unpaired) electrons. The van der Waals surface area contributed by atoms with E-state index in [0.717, 1.165) is 0 Å². The number of carbonyl (C=O) groups excluding carboxylic acids is 2. The summed E-state index contributed by atoms with van der Waals surface area (Å²) in [6, 6.07) is 1.13. The number of nitrogens with zero attached hydrogens (tertiary/aromatic N) is 1. The van der Waals surface area contributed by atoms with Crippen LogP contribution in [-0.4, -0.2) is 22.8 Å². The lowest BCUT2D eigenvalue weighted by Crippen LogP contribution is -2.26. The molecule has 27 heavy (non-hydrogen) atoms. The molecule has 2 aromatic rings. The Morgan fingerprint density at radius 3 is 2.37 bits per heavy atom. The number of hydrogen-bond acceptors (Lipinski definition) is 4. The molecule has 0 saturated heterocycles. The fourth-order valence-corrected chi connectivity index (χ4v) is 2.97. The first kappa shape index (κ1) is 20.5. The van der Waals surface area contributed by atoms with Crippen molar-refractivity contribution in [1.29, 1.82) is 0 Å². The third-order valence-corrected chi connectivity index (χ3v) is 4.29. The zero-order valence-electron chi connectivity index (χ0n) is 12.9. The van der Waals surface area contributed by atoms with Crippen LogP contribution in [-0.2, 0) is 12.7 Å². The summed E-state index contributed by atoms with van der Waals surface area (Å²) in [5.41, 5.74) is 2.13. The maximum absolute atomic E-state index is 13.5. The maximum atomic E-state index is 13.5. The van der Waals surface area contributed by atoms with Crippen LogP contribution in [0.5, 0.6) is 0 Å². The predicted octanol–water partition coefficient (Wildman–Crippen LogP) is 2.68. The van der Waals surface area contributed by atoms with E-state index in [2.05, 4.69) is 0 Å². The first-order valence-electron chi connectivity index (χ1n) is 6.90. The lowest BCUT2D eigenvalue weighted by Gasteiger charge is -2.09. The van der Waals surface area contributed by atoms with Crippen LogP contribution >= 0.6 is 11.3 Å². The molecule has 0 aromatic carbocycles. The summed E-state index contributed by atoms with van der Waals surface area (Å²) >= 11 is -0.0758. The average molecular weight is 413 g/mol. The van der Waals surface area contributed by atoms with Crippen molar-refractivity contribution in [2.75, 3.05) is 5.32 Å². The molecule has 0 atom stereocenters. The topological polar surface area (TPSA) is 94.2 Å². The first-order valence-corrected chi connectivity index (χ1v) is 7.72. The number of rotatable bonds is 5. The SMILES string of the molecule is NC(=O)c1cc(C(=O)Nc2cc(F)c(=O)n(CC(F)F)c2)sc1C(F)(F)F. The van der Waals surface area contributed by atoms with Crippen molar-refractivity contribution in [3.63, 3.8) is 0 Å². The standard InChI is InChI=1S/C14H9F6N3O3S/c15-7-1-5(3-23(13(7)26)4-9(16)17)22-12(25)8-2-6(11(21)24)10(27-8)14(18,19)20/h1-3,9H,4H2,(H2,21,24)(H,22,25). The summed E-state index contributed by atoms with van der Waals surface area (Å²) in [4.78, 5) is 32.6. The molecule has 0 aliphatic rings. The van der Waals surface area contributed by atoms with Gasteiger partial charge in [0, 0.05) is 12.3 Å². The van der Waals surface area contributed by atoms with Gasteiger partial charge >= 0.3 is 6.18 Å². The first-order chi connectivity index (χ1) is 12.4. The number of thiophene rings is 1. The van der Waals surface area contributed by atoms with Crippen LogP contribution in [0.1, 0.15) is 24.9 Å². The molecule has 2 amide bonds. The summed E-state index contributed by atoms with van der Waals surface area (Å²) in [5.74, 6) is -4.04. The Labute approximate surface area is 150 Å². The van der Waals surface area contributed by atoms with E-state index < -0.39 is 63.3 Å². The van der Waals surface area contributed by atoms with Crippen molar-refractivity contribution < 1.29 is 35.9 Å². The van der Waals surface area contributed by atoms with Gasteiger partial charge in [0.2, 0.25) is 5.91 Å². The van der Waals surface area contributed by atoms with Crippen LogP contribution in [0, 0.1) is 5.82 Å². The highest BCUT2D eigenvalue weighted by Crippen LogP contribution is 2.38. The molecule has 2 heterocycles. The van der Waals surface area contributed by atoms with Crippen LogP contribution < -0.4 is 16.6 Å². The Morgan fingerprint density at radius 1 is 1.26 bits per heavy atom. The minimum absolute atomic E-state index is 0.0758. The second-order valence-corrected chi connectivity index (χ2v) is 6.15. The van der Waals surface area contributed by atoms with Gasteiger partial charge in [0.05, 0.1) is 22.7 Å². The highest BCUT2D eigenvalue weighted by Gasteiger charge is 2.38. The number of aromatic nitrogens is 1. The second kappa shape index (κ2) is 7.42. The lowest BCUT2D eigenvalue weighted by atomic mass is 10.2. The molecule has 2 aromatic heterocycles. The molecule has 0 saturated carbocycles. The number of pyridine rings is 1. The Morgan fingerprint density at radius 2 is 1.89 bits per heavy atom. The number of primary amides is 1. The number of alkyl halides is 5. The number of anilines is 1. The molecule has 0 unspecified atom stereocenters. The summed E-state index contributed by atoms with van der Waals surface area (Å²) in [6.07, 6.45) is -7.22. The van der Waals surface area contributed by atoms with Gasteiger partial charge in [-0.25, -0.2) is 13.2 Å². The van der Waals surface area contributed by atoms with Crippen molar-refractivity contribution in [3.8, 4) is 0 Å². The van der Waals surface area contributed by atoms with Crippen LogP contribution in [0.4, 0.5) is 32.0 Å². The van der Waals surface area contributed by atoms with E-state index in [1.54, 1.807) is 0 Å². The molecular formula is C14H9F6N3O3S. The minimum Gasteiger partial charge on any atom is -0.366 e. The number of amides is 2. The van der Waals surface area contributed by atoms with Crippen molar-refractivity contribution in [1.82, 2.24) is 4.57 Å². The number of carbonyl (C=O) groups is 2. The molecule has 146 valence electrons. The molecule has 2 rings (SSSR count).